The molecule has 0 radical (unpaired) electrons. The third-order valence-electron chi connectivity index (χ3n) is 9.91. The van der Waals surface area contributed by atoms with Crippen molar-refractivity contribution in [3.63, 3.8) is 0 Å². The van der Waals surface area contributed by atoms with Gasteiger partial charge in [-0.2, -0.15) is 10.2 Å². The molecular formula is C38H38Cl2N6O4. The van der Waals surface area contributed by atoms with Crippen LogP contribution in [0.15, 0.2) is 42.5 Å². The number of anilines is 1. The number of halogens is 2. The predicted molar refractivity (Wildman–Crippen MR) is 197 cm³/mol. The van der Waals surface area contributed by atoms with Crippen LogP contribution in [0.3, 0.4) is 0 Å². The highest BCUT2D eigenvalue weighted by Gasteiger charge is 2.38. The summed E-state index contributed by atoms with van der Waals surface area (Å²) < 4.78 is 11.8. The van der Waals surface area contributed by atoms with Crippen LogP contribution < -0.4 is 9.64 Å². The van der Waals surface area contributed by atoms with E-state index in [-0.39, 0.29) is 24.1 Å². The maximum absolute atomic E-state index is 14.9. The van der Waals surface area contributed by atoms with Crippen LogP contribution in [0.25, 0.3) is 32.9 Å². The highest BCUT2D eigenvalue weighted by molar-refractivity contribution is 6.35. The number of fused-ring (bicyclic) bond motifs is 4. The van der Waals surface area contributed by atoms with Crippen molar-refractivity contribution in [2.75, 3.05) is 18.1 Å². The molecule has 7 rings (SSSR count). The molecule has 0 aliphatic carbocycles. The minimum Gasteiger partial charge on any atom is -0.494 e. The van der Waals surface area contributed by atoms with Gasteiger partial charge in [0, 0.05) is 53.9 Å². The molecule has 0 unspecified atom stereocenters. The highest BCUT2D eigenvalue weighted by atomic mass is 35.5. The average Bonchev–Trinajstić information content (AvgIpc) is 3.68. The number of aryl methyl sites for hydroxylation is 6. The van der Waals surface area contributed by atoms with Gasteiger partial charge in [0.15, 0.2) is 5.82 Å². The number of carboxylic acids is 1. The number of nitrogens with zero attached hydrogens (tertiary/aromatic N) is 6. The van der Waals surface area contributed by atoms with Gasteiger partial charge >= 0.3 is 5.97 Å². The summed E-state index contributed by atoms with van der Waals surface area (Å²) in [6, 6.07) is 12.6. The number of rotatable bonds is 8. The molecule has 3 aromatic heterocycles. The molecule has 1 N–H and O–H groups in total. The Balaban J connectivity index is 1.39. The molecule has 258 valence electrons. The first kappa shape index (κ1) is 33.7. The molecule has 1 atom stereocenters. The number of amides is 1. The Morgan fingerprint density at radius 1 is 1.00 bits per heavy atom. The molecule has 0 spiro atoms. The molecule has 0 bridgehead atoms. The second kappa shape index (κ2) is 12.5. The van der Waals surface area contributed by atoms with Gasteiger partial charge in [0.05, 0.1) is 39.3 Å². The topological polar surface area (TPSA) is 107 Å². The summed E-state index contributed by atoms with van der Waals surface area (Å²) >= 11 is 13.4. The second-order valence-corrected chi connectivity index (χ2v) is 14.0. The monoisotopic (exact) mass is 712 g/mol. The molecule has 1 aliphatic rings. The smallest absolute Gasteiger partial charge is 0.336 e. The number of carbonyl (C=O) groups excluding carboxylic acids is 1. The Labute approximate surface area is 299 Å². The van der Waals surface area contributed by atoms with Crippen molar-refractivity contribution in [1.29, 1.82) is 0 Å². The van der Waals surface area contributed by atoms with Crippen LogP contribution in [0.5, 0.6) is 5.75 Å². The van der Waals surface area contributed by atoms with Gasteiger partial charge in [-0.15, -0.1) is 0 Å². The van der Waals surface area contributed by atoms with Gasteiger partial charge in [0.2, 0.25) is 0 Å². The van der Waals surface area contributed by atoms with Crippen LogP contribution in [0.4, 0.5) is 5.82 Å². The first-order valence-electron chi connectivity index (χ1n) is 16.6. The number of ether oxygens (including phenoxy) is 1. The molecule has 0 saturated heterocycles. The van der Waals surface area contributed by atoms with Gasteiger partial charge in [0.1, 0.15) is 11.4 Å². The van der Waals surface area contributed by atoms with Gasteiger partial charge in [-0.1, -0.05) is 35.3 Å². The van der Waals surface area contributed by atoms with E-state index in [9.17, 15) is 14.7 Å². The van der Waals surface area contributed by atoms with E-state index >= 15 is 0 Å². The minimum atomic E-state index is -1.08. The van der Waals surface area contributed by atoms with Crippen molar-refractivity contribution in [2.24, 2.45) is 14.1 Å². The number of aromatic nitrogens is 5. The van der Waals surface area contributed by atoms with Crippen LogP contribution in [-0.2, 0) is 20.5 Å². The van der Waals surface area contributed by atoms with Crippen LogP contribution >= 0.6 is 23.2 Å². The third-order valence-corrected chi connectivity index (χ3v) is 10.8. The van der Waals surface area contributed by atoms with Crippen molar-refractivity contribution in [1.82, 2.24) is 24.1 Å². The van der Waals surface area contributed by atoms with Gasteiger partial charge in [-0.3, -0.25) is 19.1 Å². The summed E-state index contributed by atoms with van der Waals surface area (Å²) in [6.07, 6.45) is 1.18. The van der Waals surface area contributed by atoms with Gasteiger partial charge in [0.25, 0.3) is 5.91 Å². The molecule has 10 nitrogen and oxygen atoms in total. The first-order valence-corrected chi connectivity index (χ1v) is 17.3. The number of carboxylic acid groups (broad SMARTS) is 1. The zero-order valence-electron chi connectivity index (χ0n) is 29.1. The standard InChI is InChI=1S/C38H38Cl2N6O4/c1-19-16-24(17-20(2)33(19)40)50-15-9-11-25-26-13-14-28(39)32(30-22(4)41-43(6)23(30)5)34(26)46-21(3)18-45(37(47)35(25)46)36-31-27(38(48)49)10-8-12-29(31)44(7)42-36/h8,10,12-14,16-17,21H,9,11,15,18H2,1-7H3,(H,48,49)/t21-/m1/s1. The van der Waals surface area contributed by atoms with E-state index in [1.807, 2.05) is 69.8 Å². The molecule has 4 heterocycles. The lowest BCUT2D eigenvalue weighted by atomic mass is 9.98. The van der Waals surface area contributed by atoms with Gasteiger partial charge < -0.3 is 14.4 Å². The van der Waals surface area contributed by atoms with E-state index < -0.39 is 5.97 Å². The molecule has 3 aromatic carbocycles. The summed E-state index contributed by atoms with van der Waals surface area (Å²) in [7, 11) is 3.67. The molecular weight excluding hydrogens is 675 g/mol. The fourth-order valence-electron chi connectivity index (χ4n) is 7.57. The maximum Gasteiger partial charge on any atom is 0.336 e. The predicted octanol–water partition coefficient (Wildman–Crippen LogP) is 8.40. The van der Waals surface area contributed by atoms with Crippen LogP contribution in [0.2, 0.25) is 10.0 Å². The largest absolute Gasteiger partial charge is 0.494 e. The van der Waals surface area contributed by atoms with Crippen molar-refractivity contribution in [3.05, 3.63) is 91.8 Å². The van der Waals surface area contributed by atoms with Crippen LogP contribution in [0.1, 0.15) is 68.3 Å². The van der Waals surface area contributed by atoms with E-state index in [4.69, 9.17) is 38.1 Å². The number of benzene rings is 3. The Kier molecular flexibility index (Phi) is 8.43. The lowest BCUT2D eigenvalue weighted by molar-refractivity contribution is 0.0698. The van der Waals surface area contributed by atoms with Gasteiger partial charge in [-0.05, 0) is 94.5 Å². The molecule has 0 fully saturated rings. The molecule has 12 heteroatoms. The quantitative estimate of drug-likeness (QED) is 0.159. The van der Waals surface area contributed by atoms with Crippen molar-refractivity contribution < 1.29 is 19.4 Å². The number of aromatic carboxylic acids is 1. The summed E-state index contributed by atoms with van der Waals surface area (Å²) in [5, 5.41) is 22.2. The van der Waals surface area contributed by atoms with Crippen LogP contribution in [-0.4, -0.2) is 54.3 Å². The maximum atomic E-state index is 14.9. The van der Waals surface area contributed by atoms with Crippen LogP contribution in [0, 0.1) is 27.7 Å². The lowest BCUT2D eigenvalue weighted by Crippen LogP contribution is -2.43. The summed E-state index contributed by atoms with van der Waals surface area (Å²) in [5.74, 6) is -0.253. The Hall–Kier alpha value is -4.80. The Morgan fingerprint density at radius 3 is 2.38 bits per heavy atom. The second-order valence-electron chi connectivity index (χ2n) is 13.2. The zero-order chi connectivity index (χ0) is 35.8. The normalized spacial score (nSPS) is 14.6. The van der Waals surface area contributed by atoms with Crippen molar-refractivity contribution in [2.45, 2.75) is 53.5 Å². The Morgan fingerprint density at radius 2 is 1.72 bits per heavy atom. The number of hydrogen-bond acceptors (Lipinski definition) is 5. The average molecular weight is 714 g/mol. The van der Waals surface area contributed by atoms with Crippen molar-refractivity contribution >= 4 is 62.7 Å². The molecule has 0 saturated carbocycles. The summed E-state index contributed by atoms with van der Waals surface area (Å²) in [5.41, 5.74) is 8.51. The van der Waals surface area contributed by atoms with E-state index in [0.29, 0.717) is 46.9 Å². The fourth-order valence-corrected chi connectivity index (χ4v) is 7.93. The summed E-state index contributed by atoms with van der Waals surface area (Å²) in [6.45, 7) is 10.7. The third kappa shape index (κ3) is 5.24. The van der Waals surface area contributed by atoms with E-state index in [1.54, 1.807) is 28.8 Å². The highest BCUT2D eigenvalue weighted by Crippen LogP contribution is 2.45. The number of hydrogen-bond donors (Lipinski definition) is 1. The SMILES string of the molecule is Cc1cc(OCCCc2c3n(c4c(-c5c(C)nn(C)c5C)c(Cl)ccc24)[C@H](C)CN(c2nn(C)c4cccc(C(=O)O)c24)C3=O)cc(C)c1Cl. The fraction of sp³-hybridized carbons (Fsp3) is 0.316. The molecule has 50 heavy (non-hydrogen) atoms. The van der Waals surface area contributed by atoms with E-state index in [1.165, 1.54) is 0 Å². The first-order chi connectivity index (χ1) is 23.8. The minimum absolute atomic E-state index is 0.0961. The summed E-state index contributed by atoms with van der Waals surface area (Å²) in [4.78, 5) is 28.9. The van der Waals surface area contributed by atoms with E-state index in [0.717, 1.165) is 60.9 Å². The van der Waals surface area contributed by atoms with Crippen molar-refractivity contribution in [3.8, 4) is 16.9 Å². The molecule has 1 aliphatic heterocycles. The molecule has 6 aromatic rings. The number of carbonyl (C=O) groups is 2. The zero-order valence-corrected chi connectivity index (χ0v) is 30.6. The van der Waals surface area contributed by atoms with E-state index in [2.05, 4.69) is 11.5 Å². The lowest BCUT2D eigenvalue weighted by Gasteiger charge is -2.33. The molecule has 1 amide bonds. The van der Waals surface area contributed by atoms with Gasteiger partial charge in [-0.25, -0.2) is 4.79 Å². The Bertz CT molecular complexity index is 2360.